The molecule has 242 valence electrons. The highest BCUT2D eigenvalue weighted by molar-refractivity contribution is 5.89. The summed E-state index contributed by atoms with van der Waals surface area (Å²) in [4.78, 5) is 55.1. The topological polar surface area (TPSA) is 202 Å². The molecule has 0 spiro atoms. The van der Waals surface area contributed by atoms with Gasteiger partial charge in [-0.25, -0.2) is 9.59 Å². The monoisotopic (exact) mass is 654 g/mol. The highest BCUT2D eigenvalue weighted by Gasteiger charge is 2.23. The number of hydrogen-bond acceptors (Lipinski definition) is 14. The molecular weight excluding hydrogens is 632 g/mol. The van der Waals surface area contributed by atoms with Crippen LogP contribution in [-0.2, 0) is 32.3 Å². The Kier molecular flexibility index (Phi) is 8.86. The summed E-state index contributed by atoms with van der Waals surface area (Å²) in [6.45, 7) is -0.346. The zero-order valence-corrected chi connectivity index (χ0v) is 24.6. The van der Waals surface area contributed by atoms with E-state index >= 15 is 0 Å². The molecule has 16 nitrogen and oxygen atoms in total. The first-order valence-corrected chi connectivity index (χ1v) is 14.0. The predicted molar refractivity (Wildman–Crippen MR) is 164 cm³/mol. The standard InChI is InChI=1S/C32H22N4O12/c37-31(3-1-21-11-27-29(47-17-45-27)13-25(21)35(39)40)43-15-19-5-7-33-23(9-19)24-10-20(6-8-34-24)16-44-32(38)4-2-22-12-28-30(48-18-46-28)14-26(22)36(41)42/h1-14H,15-18H2/b3-1+,4-2+. The Bertz CT molecular complexity index is 1870. The molecule has 2 aromatic carbocycles. The van der Waals surface area contributed by atoms with Crippen molar-refractivity contribution < 1.29 is 47.9 Å². The lowest BCUT2D eigenvalue weighted by molar-refractivity contribution is -0.385. The first-order chi connectivity index (χ1) is 23.2. The second-order valence-corrected chi connectivity index (χ2v) is 10.0. The van der Waals surface area contributed by atoms with Gasteiger partial charge in [0.05, 0.1) is 44.5 Å². The maximum absolute atomic E-state index is 12.4. The molecule has 2 aliphatic rings. The number of rotatable bonds is 11. The molecule has 0 fully saturated rings. The summed E-state index contributed by atoms with van der Waals surface area (Å²) < 4.78 is 31.5. The van der Waals surface area contributed by atoms with Crippen molar-refractivity contribution in [3.63, 3.8) is 0 Å². The number of pyridine rings is 2. The summed E-state index contributed by atoms with van der Waals surface area (Å²) in [6, 6.07) is 11.9. The van der Waals surface area contributed by atoms with Crippen LogP contribution in [0.2, 0.25) is 0 Å². The summed E-state index contributed by atoms with van der Waals surface area (Å²) in [5, 5.41) is 22.9. The number of benzene rings is 2. The van der Waals surface area contributed by atoms with Crippen molar-refractivity contribution in [2.75, 3.05) is 13.6 Å². The molecular formula is C32H22N4O12. The van der Waals surface area contributed by atoms with E-state index in [2.05, 4.69) is 9.97 Å². The minimum atomic E-state index is -0.732. The van der Waals surface area contributed by atoms with E-state index in [-0.39, 0.29) is 60.8 Å². The van der Waals surface area contributed by atoms with E-state index in [0.717, 1.165) is 12.2 Å². The predicted octanol–water partition coefficient (Wildman–Crippen LogP) is 4.93. The van der Waals surface area contributed by atoms with Crippen molar-refractivity contribution >= 4 is 35.5 Å². The van der Waals surface area contributed by atoms with Crippen LogP contribution in [0.1, 0.15) is 22.3 Å². The van der Waals surface area contributed by atoms with E-state index in [4.69, 9.17) is 28.4 Å². The number of nitro benzene ring substituents is 2. The van der Waals surface area contributed by atoms with Crippen LogP contribution < -0.4 is 18.9 Å². The van der Waals surface area contributed by atoms with Crippen LogP contribution in [0.5, 0.6) is 23.0 Å². The summed E-state index contributed by atoms with van der Waals surface area (Å²) in [5.41, 5.74) is 1.89. The van der Waals surface area contributed by atoms with Gasteiger partial charge in [-0.05, 0) is 59.7 Å². The smallest absolute Gasteiger partial charge is 0.331 e. The van der Waals surface area contributed by atoms with Gasteiger partial charge in [0, 0.05) is 24.5 Å². The van der Waals surface area contributed by atoms with Crippen molar-refractivity contribution in [1.29, 1.82) is 0 Å². The first kappa shape index (κ1) is 31.2. The fraction of sp³-hybridized carbons (Fsp3) is 0.125. The second kappa shape index (κ2) is 13.7. The first-order valence-electron chi connectivity index (χ1n) is 14.0. The summed E-state index contributed by atoms with van der Waals surface area (Å²) in [6.07, 6.45) is 7.70. The number of nitro groups is 2. The normalized spacial score (nSPS) is 12.8. The maximum atomic E-state index is 12.4. The van der Waals surface area contributed by atoms with Gasteiger partial charge in [-0.2, -0.15) is 0 Å². The van der Waals surface area contributed by atoms with Gasteiger partial charge in [0.15, 0.2) is 23.0 Å². The molecule has 0 radical (unpaired) electrons. The van der Waals surface area contributed by atoms with Crippen LogP contribution in [0.3, 0.4) is 0 Å². The minimum absolute atomic E-state index is 0.0550. The van der Waals surface area contributed by atoms with Crippen molar-refractivity contribution in [2.24, 2.45) is 0 Å². The van der Waals surface area contributed by atoms with Crippen LogP contribution in [0.15, 0.2) is 73.1 Å². The quantitative estimate of drug-likeness (QED) is 0.0911. The number of hydrogen-bond donors (Lipinski definition) is 0. The third-order valence-electron chi connectivity index (χ3n) is 6.91. The highest BCUT2D eigenvalue weighted by Crippen LogP contribution is 2.39. The minimum Gasteiger partial charge on any atom is -0.458 e. The van der Waals surface area contributed by atoms with Crippen LogP contribution in [0.25, 0.3) is 23.5 Å². The van der Waals surface area contributed by atoms with E-state index in [0.29, 0.717) is 34.0 Å². The Labute approximate surface area is 270 Å². The van der Waals surface area contributed by atoms with Gasteiger partial charge in [-0.3, -0.25) is 30.2 Å². The van der Waals surface area contributed by atoms with E-state index in [1.807, 2.05) is 0 Å². The largest absolute Gasteiger partial charge is 0.458 e. The molecule has 0 atom stereocenters. The van der Waals surface area contributed by atoms with E-state index in [9.17, 15) is 29.8 Å². The van der Waals surface area contributed by atoms with Gasteiger partial charge in [0.1, 0.15) is 13.2 Å². The molecule has 0 saturated heterocycles. The Balaban J connectivity index is 1.05. The number of carbonyl (C=O) groups excluding carboxylic acids is 2. The number of fused-ring (bicyclic) bond motifs is 2. The van der Waals surface area contributed by atoms with Gasteiger partial charge < -0.3 is 28.4 Å². The Morgan fingerprint density at radius 2 is 1.06 bits per heavy atom. The van der Waals surface area contributed by atoms with Crippen LogP contribution in [-0.4, -0.2) is 45.3 Å². The molecule has 0 N–H and O–H groups in total. The average molecular weight is 655 g/mol. The molecule has 0 amide bonds. The fourth-order valence-electron chi connectivity index (χ4n) is 4.61. The molecule has 6 rings (SSSR count). The number of carbonyl (C=O) groups is 2. The zero-order valence-electron chi connectivity index (χ0n) is 24.6. The zero-order chi connectivity index (χ0) is 33.6. The average Bonchev–Trinajstić information content (AvgIpc) is 3.76. The van der Waals surface area contributed by atoms with Gasteiger partial charge in [0.25, 0.3) is 11.4 Å². The Morgan fingerprint density at radius 3 is 1.46 bits per heavy atom. The number of ether oxygens (including phenoxy) is 6. The molecule has 0 bridgehead atoms. The van der Waals surface area contributed by atoms with Crippen LogP contribution in [0.4, 0.5) is 11.4 Å². The van der Waals surface area contributed by atoms with Crippen molar-refractivity contribution in [2.45, 2.75) is 13.2 Å². The third kappa shape index (κ3) is 7.17. The Hall–Kier alpha value is -6.84. The lowest BCUT2D eigenvalue weighted by atomic mass is 10.1. The summed E-state index contributed by atoms with van der Waals surface area (Å²) in [7, 11) is 0. The van der Waals surface area contributed by atoms with E-state index in [1.54, 1.807) is 24.3 Å². The van der Waals surface area contributed by atoms with E-state index < -0.39 is 21.8 Å². The van der Waals surface area contributed by atoms with Gasteiger partial charge in [0.2, 0.25) is 13.6 Å². The molecule has 0 saturated carbocycles. The van der Waals surface area contributed by atoms with Crippen molar-refractivity contribution in [3.05, 3.63) is 116 Å². The molecule has 4 aromatic rings. The molecule has 16 heteroatoms. The second-order valence-electron chi connectivity index (χ2n) is 10.0. The summed E-state index contributed by atoms with van der Waals surface area (Å²) >= 11 is 0. The summed E-state index contributed by atoms with van der Waals surface area (Å²) in [5.74, 6) is -0.309. The Morgan fingerprint density at radius 1 is 0.667 bits per heavy atom. The van der Waals surface area contributed by atoms with Crippen molar-refractivity contribution in [1.82, 2.24) is 9.97 Å². The molecule has 0 aliphatic carbocycles. The molecule has 0 unspecified atom stereocenters. The van der Waals surface area contributed by atoms with Gasteiger partial charge in [-0.15, -0.1) is 0 Å². The molecule has 4 heterocycles. The number of aromatic nitrogens is 2. The van der Waals surface area contributed by atoms with E-state index in [1.165, 1.54) is 48.8 Å². The SMILES string of the molecule is O=C(/C=C/c1cc2c(cc1[N+](=O)[O-])OCO2)OCc1ccnc(-c2cc(COC(=O)/C=C/c3cc4c(cc3[N+](=O)[O-])OCO4)ccn2)c1. The lowest BCUT2D eigenvalue weighted by Gasteiger charge is -2.07. The highest BCUT2D eigenvalue weighted by atomic mass is 16.7. The molecule has 2 aliphatic heterocycles. The number of esters is 2. The van der Waals surface area contributed by atoms with Crippen molar-refractivity contribution in [3.8, 4) is 34.4 Å². The third-order valence-corrected chi connectivity index (χ3v) is 6.91. The molecule has 48 heavy (non-hydrogen) atoms. The molecule has 2 aromatic heterocycles. The van der Waals surface area contributed by atoms with Crippen LogP contribution >= 0.6 is 0 Å². The fourth-order valence-corrected chi connectivity index (χ4v) is 4.61. The number of nitrogens with zero attached hydrogens (tertiary/aromatic N) is 4. The van der Waals surface area contributed by atoms with Gasteiger partial charge >= 0.3 is 11.9 Å². The maximum Gasteiger partial charge on any atom is 0.331 e. The van der Waals surface area contributed by atoms with Gasteiger partial charge in [-0.1, -0.05) is 0 Å². The van der Waals surface area contributed by atoms with Crippen LogP contribution in [0, 0.1) is 20.2 Å². The lowest BCUT2D eigenvalue weighted by Crippen LogP contribution is -2.02.